The zero-order chi connectivity index (χ0) is 13.5. The van der Waals surface area contributed by atoms with Crippen LogP contribution in [-0.4, -0.2) is 29.7 Å². The molecule has 0 aromatic heterocycles. The third kappa shape index (κ3) is 4.21. The van der Waals surface area contributed by atoms with Crippen LogP contribution in [0.1, 0.15) is 25.7 Å². The summed E-state index contributed by atoms with van der Waals surface area (Å²) in [7, 11) is -0.967. The van der Waals surface area contributed by atoms with E-state index < -0.39 is 10.8 Å². The summed E-state index contributed by atoms with van der Waals surface area (Å²) in [5.74, 6) is 2.14. The van der Waals surface area contributed by atoms with Crippen LogP contribution in [0.5, 0.6) is 11.5 Å². The van der Waals surface area contributed by atoms with Gasteiger partial charge in [-0.1, -0.05) is 6.42 Å². The molecule has 0 aliphatic carbocycles. The number of benzene rings is 1. The van der Waals surface area contributed by atoms with Crippen LogP contribution >= 0.6 is 0 Å². The first-order chi connectivity index (χ1) is 9.31. The van der Waals surface area contributed by atoms with Crippen molar-refractivity contribution in [1.82, 2.24) is 0 Å². The van der Waals surface area contributed by atoms with Crippen LogP contribution in [0.25, 0.3) is 0 Å². The van der Waals surface area contributed by atoms with E-state index in [2.05, 4.69) is 0 Å². The molecule has 0 saturated heterocycles. The van der Waals surface area contributed by atoms with Crippen molar-refractivity contribution in [3.63, 3.8) is 0 Å². The number of rotatable bonds is 6. The third-order valence-corrected chi connectivity index (χ3v) is 4.45. The Morgan fingerprint density at radius 3 is 2.68 bits per heavy atom. The Morgan fingerprint density at radius 1 is 1.11 bits per heavy atom. The van der Waals surface area contributed by atoms with Crippen LogP contribution in [-0.2, 0) is 10.8 Å². The van der Waals surface area contributed by atoms with Gasteiger partial charge in [0.25, 0.3) is 0 Å². The predicted molar refractivity (Wildman–Crippen MR) is 76.2 cm³/mol. The van der Waals surface area contributed by atoms with Crippen LogP contribution < -0.4 is 15.2 Å². The normalized spacial score (nSPS) is 15.8. The highest BCUT2D eigenvalue weighted by Crippen LogP contribution is 2.31. The van der Waals surface area contributed by atoms with Crippen molar-refractivity contribution in [1.29, 1.82) is 0 Å². The first-order valence-electron chi connectivity index (χ1n) is 6.79. The minimum Gasteiger partial charge on any atom is -0.490 e. The molecule has 2 N–H and O–H groups in total. The lowest BCUT2D eigenvalue weighted by molar-refractivity contribution is 0.297. The molecule has 4 nitrogen and oxygen atoms in total. The van der Waals surface area contributed by atoms with E-state index in [0.29, 0.717) is 31.3 Å². The molecule has 1 atom stereocenters. The van der Waals surface area contributed by atoms with Gasteiger partial charge in [0.15, 0.2) is 11.5 Å². The zero-order valence-electron chi connectivity index (χ0n) is 11.1. The maximum Gasteiger partial charge on any atom is 0.162 e. The topological polar surface area (TPSA) is 61.6 Å². The van der Waals surface area contributed by atoms with Crippen molar-refractivity contribution in [2.75, 3.05) is 25.5 Å². The van der Waals surface area contributed by atoms with Crippen LogP contribution in [0.4, 0.5) is 0 Å². The molecule has 0 spiro atoms. The van der Waals surface area contributed by atoms with Gasteiger partial charge in [-0.15, -0.1) is 0 Å². The fraction of sp³-hybridized carbons (Fsp3) is 0.571. The summed E-state index contributed by atoms with van der Waals surface area (Å²) in [5.41, 5.74) is 5.44. The van der Waals surface area contributed by atoms with E-state index in [1.807, 2.05) is 18.2 Å². The summed E-state index contributed by atoms with van der Waals surface area (Å²) in [6.07, 6.45) is 3.86. The smallest absolute Gasteiger partial charge is 0.162 e. The Hall–Kier alpha value is -1.07. The second kappa shape index (κ2) is 7.50. The average Bonchev–Trinajstić information content (AvgIpc) is 2.67. The minimum absolute atomic E-state index is 0.652. The predicted octanol–water partition coefficient (Wildman–Crippen LogP) is 2.08. The largest absolute Gasteiger partial charge is 0.490 e. The van der Waals surface area contributed by atoms with E-state index in [9.17, 15) is 4.21 Å². The molecule has 1 aliphatic heterocycles. The molecule has 1 heterocycles. The SMILES string of the molecule is NCCCCCS(=O)c1ccc2c(c1)OCCCO2. The van der Waals surface area contributed by atoms with E-state index >= 15 is 0 Å². The van der Waals surface area contributed by atoms with Gasteiger partial charge in [-0.25, -0.2) is 0 Å². The van der Waals surface area contributed by atoms with Crippen molar-refractivity contribution >= 4 is 10.8 Å². The molecule has 1 aromatic rings. The van der Waals surface area contributed by atoms with Gasteiger partial charge in [-0.3, -0.25) is 4.21 Å². The summed E-state index contributed by atoms with van der Waals surface area (Å²) in [5, 5.41) is 0. The maximum atomic E-state index is 12.2. The molecule has 0 bridgehead atoms. The Labute approximate surface area is 116 Å². The second-order valence-corrected chi connectivity index (χ2v) is 6.13. The summed E-state index contributed by atoms with van der Waals surface area (Å²) < 4.78 is 23.3. The highest BCUT2D eigenvalue weighted by atomic mass is 32.2. The van der Waals surface area contributed by atoms with E-state index in [1.54, 1.807) is 0 Å². The van der Waals surface area contributed by atoms with Crippen molar-refractivity contribution in [3.05, 3.63) is 18.2 Å². The van der Waals surface area contributed by atoms with E-state index in [0.717, 1.165) is 36.3 Å². The Morgan fingerprint density at radius 2 is 1.89 bits per heavy atom. The van der Waals surface area contributed by atoms with Crippen LogP contribution in [0.2, 0.25) is 0 Å². The van der Waals surface area contributed by atoms with E-state index in [1.165, 1.54) is 0 Å². The molecule has 0 amide bonds. The minimum atomic E-state index is -0.967. The van der Waals surface area contributed by atoms with Crippen molar-refractivity contribution < 1.29 is 13.7 Å². The molecule has 0 saturated carbocycles. The molecule has 5 heteroatoms. The quantitative estimate of drug-likeness (QED) is 0.812. The molecule has 1 unspecified atom stereocenters. The number of ether oxygens (including phenoxy) is 2. The fourth-order valence-corrected chi connectivity index (χ4v) is 3.12. The Kier molecular flexibility index (Phi) is 5.66. The van der Waals surface area contributed by atoms with Gasteiger partial charge < -0.3 is 15.2 Å². The summed E-state index contributed by atoms with van der Waals surface area (Å²) in [4.78, 5) is 0.817. The Balaban J connectivity index is 1.96. The molecule has 1 aromatic carbocycles. The number of nitrogens with two attached hydrogens (primary N) is 1. The van der Waals surface area contributed by atoms with Crippen LogP contribution in [0, 0.1) is 0 Å². The van der Waals surface area contributed by atoms with E-state index in [4.69, 9.17) is 15.2 Å². The van der Waals surface area contributed by atoms with Gasteiger partial charge in [-0.2, -0.15) is 0 Å². The van der Waals surface area contributed by atoms with Crippen molar-refractivity contribution in [2.24, 2.45) is 5.73 Å². The number of fused-ring (bicyclic) bond motifs is 1. The van der Waals surface area contributed by atoms with E-state index in [-0.39, 0.29) is 0 Å². The first-order valence-corrected chi connectivity index (χ1v) is 8.11. The molecule has 19 heavy (non-hydrogen) atoms. The number of unbranched alkanes of at least 4 members (excludes halogenated alkanes) is 2. The maximum absolute atomic E-state index is 12.2. The van der Waals surface area contributed by atoms with Gasteiger partial charge in [-0.05, 0) is 31.5 Å². The molecule has 0 fully saturated rings. The van der Waals surface area contributed by atoms with Gasteiger partial charge in [0.05, 0.1) is 24.0 Å². The van der Waals surface area contributed by atoms with Crippen molar-refractivity contribution in [3.8, 4) is 11.5 Å². The molecule has 2 rings (SSSR count). The highest BCUT2D eigenvalue weighted by Gasteiger charge is 2.13. The van der Waals surface area contributed by atoms with Gasteiger partial charge >= 0.3 is 0 Å². The molecule has 1 aliphatic rings. The lowest BCUT2D eigenvalue weighted by atomic mass is 10.2. The zero-order valence-corrected chi connectivity index (χ0v) is 11.9. The van der Waals surface area contributed by atoms with Gasteiger partial charge in [0.2, 0.25) is 0 Å². The van der Waals surface area contributed by atoms with Gasteiger partial charge in [0.1, 0.15) is 0 Å². The van der Waals surface area contributed by atoms with Crippen LogP contribution in [0.15, 0.2) is 23.1 Å². The fourth-order valence-electron chi connectivity index (χ4n) is 1.96. The average molecular weight is 283 g/mol. The molecule has 106 valence electrons. The lowest BCUT2D eigenvalue weighted by Crippen LogP contribution is -2.02. The second-order valence-electron chi connectivity index (χ2n) is 4.56. The van der Waals surface area contributed by atoms with Crippen LogP contribution in [0.3, 0.4) is 0 Å². The lowest BCUT2D eigenvalue weighted by Gasteiger charge is -2.09. The number of hydrogen-bond donors (Lipinski definition) is 1. The third-order valence-electron chi connectivity index (χ3n) is 3.02. The summed E-state index contributed by atoms with van der Waals surface area (Å²) in [6.45, 7) is 2.03. The molecule has 0 radical (unpaired) electrons. The summed E-state index contributed by atoms with van der Waals surface area (Å²) in [6, 6.07) is 5.57. The standard InChI is InChI=1S/C14H21NO3S/c15-7-2-1-3-10-19(16)12-5-6-13-14(11-12)18-9-4-8-17-13/h5-6,11H,1-4,7-10,15H2. The molecular formula is C14H21NO3S. The monoisotopic (exact) mass is 283 g/mol. The van der Waals surface area contributed by atoms with Gasteiger partial charge in [0, 0.05) is 23.1 Å². The van der Waals surface area contributed by atoms with Crippen molar-refractivity contribution in [2.45, 2.75) is 30.6 Å². The number of hydrogen-bond acceptors (Lipinski definition) is 4. The first kappa shape index (κ1) is 14.3. The Bertz CT molecular complexity index is 437. The summed E-state index contributed by atoms with van der Waals surface area (Å²) >= 11 is 0. The highest BCUT2D eigenvalue weighted by molar-refractivity contribution is 7.85. The molecular weight excluding hydrogens is 262 g/mol.